The van der Waals surface area contributed by atoms with E-state index in [9.17, 15) is 14.4 Å². The lowest BCUT2D eigenvalue weighted by atomic mass is 9.64. The summed E-state index contributed by atoms with van der Waals surface area (Å²) in [6.45, 7) is 0. The third kappa shape index (κ3) is 2.81. The highest BCUT2D eigenvalue weighted by atomic mass is 19.1. The Morgan fingerprint density at radius 3 is 2.05 bits per heavy atom. The van der Waals surface area contributed by atoms with Crippen LogP contribution in [0.4, 0.5) is 10.1 Å². The number of halogens is 1. The molecule has 1 aliphatic carbocycles. The second kappa shape index (κ2) is 8.18. The van der Waals surface area contributed by atoms with Gasteiger partial charge in [-0.3, -0.25) is 14.4 Å². The number of ketones is 3. The van der Waals surface area contributed by atoms with Gasteiger partial charge in [0, 0.05) is 22.7 Å². The highest BCUT2D eigenvalue weighted by molar-refractivity contribution is 6.32. The number of hydrogen-bond donors (Lipinski definition) is 0. The predicted molar refractivity (Wildman–Crippen MR) is 143 cm³/mol. The van der Waals surface area contributed by atoms with Gasteiger partial charge in [-0.25, -0.2) is 4.39 Å². The molecule has 1 fully saturated rings. The van der Waals surface area contributed by atoms with Crippen LogP contribution in [0.2, 0.25) is 0 Å². The number of rotatable bonds is 3. The summed E-state index contributed by atoms with van der Waals surface area (Å²) in [6, 6.07) is 27.9. The molecule has 2 aliphatic heterocycles. The fourth-order valence-electron chi connectivity index (χ4n) is 6.77. The zero-order valence-corrected chi connectivity index (χ0v) is 20.3. The van der Waals surface area contributed by atoms with Gasteiger partial charge in [0.2, 0.25) is 0 Å². The first-order valence-corrected chi connectivity index (χ1v) is 12.6. The molecule has 1 saturated heterocycles. The smallest absolute Gasteiger partial charge is 0.188 e. The van der Waals surface area contributed by atoms with Crippen LogP contribution in [0.5, 0.6) is 0 Å². The van der Waals surface area contributed by atoms with E-state index in [0.717, 1.165) is 11.3 Å². The third-order valence-corrected chi connectivity index (χ3v) is 8.28. The fraction of sp³-hybridized carbons (Fsp3) is 0.121. The van der Waals surface area contributed by atoms with Crippen molar-refractivity contribution in [3.05, 3.63) is 143 Å². The summed E-state index contributed by atoms with van der Waals surface area (Å²) in [5.41, 5.74) is 1.39. The van der Waals surface area contributed by atoms with Crippen LogP contribution in [0.3, 0.4) is 0 Å². The molecule has 0 bridgehead atoms. The van der Waals surface area contributed by atoms with Gasteiger partial charge in [-0.15, -0.1) is 0 Å². The Labute approximate surface area is 219 Å². The second-order valence-electron chi connectivity index (χ2n) is 10.0. The van der Waals surface area contributed by atoms with Crippen molar-refractivity contribution in [2.75, 3.05) is 4.90 Å². The molecule has 3 atom stereocenters. The molecule has 2 heterocycles. The molecule has 0 aromatic heterocycles. The largest absolute Gasteiger partial charge is 0.352 e. The number of carbonyl (C=O) groups is 3. The van der Waals surface area contributed by atoms with E-state index in [-0.39, 0.29) is 17.1 Å². The van der Waals surface area contributed by atoms with Gasteiger partial charge in [0.25, 0.3) is 0 Å². The lowest BCUT2D eigenvalue weighted by molar-refractivity contribution is 0.0666. The number of fused-ring (bicyclic) bond motifs is 5. The Hall–Kier alpha value is -4.64. The number of hydrogen-bond acceptors (Lipinski definition) is 4. The summed E-state index contributed by atoms with van der Waals surface area (Å²) in [7, 11) is 0. The second-order valence-corrected chi connectivity index (χ2v) is 10.0. The third-order valence-electron chi connectivity index (χ3n) is 8.28. The summed E-state index contributed by atoms with van der Waals surface area (Å²) in [5, 5.41) is 0. The number of para-hydroxylation sites is 1. The molecule has 7 rings (SSSR count). The van der Waals surface area contributed by atoms with Crippen molar-refractivity contribution in [1.82, 2.24) is 0 Å². The Morgan fingerprint density at radius 1 is 0.737 bits per heavy atom. The molecule has 184 valence electrons. The molecule has 0 unspecified atom stereocenters. The Bertz CT molecular complexity index is 1640. The lowest BCUT2D eigenvalue weighted by Gasteiger charge is -2.37. The molecule has 4 aromatic rings. The van der Waals surface area contributed by atoms with Crippen LogP contribution in [0.25, 0.3) is 6.08 Å². The highest BCUT2D eigenvalue weighted by Gasteiger charge is 2.71. The first-order chi connectivity index (χ1) is 18.5. The summed E-state index contributed by atoms with van der Waals surface area (Å²) in [5.74, 6) is -2.52. The number of anilines is 1. The Balaban J connectivity index is 1.56. The summed E-state index contributed by atoms with van der Waals surface area (Å²) in [4.78, 5) is 45.3. The zero-order chi connectivity index (χ0) is 26.0. The minimum absolute atomic E-state index is 0.0586. The van der Waals surface area contributed by atoms with Crippen molar-refractivity contribution in [1.29, 1.82) is 0 Å². The average molecular weight is 500 g/mol. The van der Waals surface area contributed by atoms with Gasteiger partial charge in [-0.1, -0.05) is 97.1 Å². The Morgan fingerprint density at radius 2 is 1.34 bits per heavy atom. The molecular formula is C33H22FNO3. The quantitative estimate of drug-likeness (QED) is 0.251. The molecule has 3 aliphatic rings. The van der Waals surface area contributed by atoms with E-state index >= 15 is 4.39 Å². The molecule has 0 amide bonds. The minimum Gasteiger partial charge on any atom is -0.352 e. The number of nitrogens with zero attached hydrogens (tertiary/aromatic N) is 1. The molecular weight excluding hydrogens is 477 g/mol. The van der Waals surface area contributed by atoms with Crippen LogP contribution in [-0.2, 0) is 0 Å². The fourth-order valence-corrected chi connectivity index (χ4v) is 6.77. The minimum atomic E-state index is -1.58. The SMILES string of the molecule is O=C(c1ccccc1F)[C@@H]1[C@@H](c2ccccc2)C2(C(=O)c3ccccc3C2=O)[C@H]2C=Cc3ccccc3N12. The molecule has 4 aromatic carbocycles. The molecule has 0 N–H and O–H groups in total. The van der Waals surface area contributed by atoms with Crippen LogP contribution in [0, 0.1) is 11.2 Å². The van der Waals surface area contributed by atoms with Crippen molar-refractivity contribution in [2.24, 2.45) is 5.41 Å². The van der Waals surface area contributed by atoms with Gasteiger partial charge in [0.05, 0.1) is 11.6 Å². The van der Waals surface area contributed by atoms with Crippen LogP contribution < -0.4 is 4.90 Å². The molecule has 38 heavy (non-hydrogen) atoms. The Kier molecular flexibility index (Phi) is 4.86. The van der Waals surface area contributed by atoms with E-state index in [1.807, 2.05) is 71.6 Å². The van der Waals surface area contributed by atoms with Gasteiger partial charge in [-0.2, -0.15) is 0 Å². The number of benzene rings is 4. The number of Topliss-reactive ketones (excluding diaryl/α,β-unsaturated/α-hetero) is 3. The maximum atomic E-state index is 15.1. The van der Waals surface area contributed by atoms with Crippen LogP contribution >= 0.6 is 0 Å². The molecule has 1 spiro atoms. The van der Waals surface area contributed by atoms with Crippen LogP contribution in [0.15, 0.2) is 109 Å². The molecule has 0 radical (unpaired) electrons. The van der Waals surface area contributed by atoms with E-state index in [2.05, 4.69) is 0 Å². The first-order valence-electron chi connectivity index (χ1n) is 12.6. The van der Waals surface area contributed by atoms with Gasteiger partial charge in [0.15, 0.2) is 17.3 Å². The number of carbonyl (C=O) groups excluding carboxylic acids is 3. The topological polar surface area (TPSA) is 54.5 Å². The predicted octanol–water partition coefficient (Wildman–Crippen LogP) is 6.14. The molecule has 0 saturated carbocycles. The van der Waals surface area contributed by atoms with E-state index < -0.39 is 35.0 Å². The van der Waals surface area contributed by atoms with Gasteiger partial charge < -0.3 is 4.90 Å². The van der Waals surface area contributed by atoms with Crippen LogP contribution in [-0.4, -0.2) is 29.4 Å². The summed E-state index contributed by atoms with van der Waals surface area (Å²) < 4.78 is 15.1. The summed E-state index contributed by atoms with van der Waals surface area (Å²) in [6.07, 6.45) is 3.79. The van der Waals surface area contributed by atoms with E-state index in [0.29, 0.717) is 16.7 Å². The molecule has 4 nitrogen and oxygen atoms in total. The van der Waals surface area contributed by atoms with Crippen molar-refractivity contribution in [3.8, 4) is 0 Å². The molecule has 5 heteroatoms. The average Bonchev–Trinajstić information content (AvgIpc) is 3.40. The zero-order valence-electron chi connectivity index (χ0n) is 20.3. The van der Waals surface area contributed by atoms with Crippen molar-refractivity contribution < 1.29 is 18.8 Å². The van der Waals surface area contributed by atoms with Crippen molar-refractivity contribution in [2.45, 2.75) is 18.0 Å². The van der Waals surface area contributed by atoms with Gasteiger partial charge >= 0.3 is 0 Å². The van der Waals surface area contributed by atoms with E-state index in [1.54, 1.807) is 36.4 Å². The summed E-state index contributed by atoms with van der Waals surface area (Å²) >= 11 is 0. The normalized spacial score (nSPS) is 22.3. The van der Waals surface area contributed by atoms with Crippen LogP contribution in [0.1, 0.15) is 48.1 Å². The van der Waals surface area contributed by atoms with Crippen molar-refractivity contribution >= 4 is 29.1 Å². The maximum absolute atomic E-state index is 15.1. The first kappa shape index (κ1) is 22.5. The maximum Gasteiger partial charge on any atom is 0.188 e. The lowest BCUT2D eigenvalue weighted by Crippen LogP contribution is -2.48. The van der Waals surface area contributed by atoms with Gasteiger partial charge in [-0.05, 0) is 29.3 Å². The highest BCUT2D eigenvalue weighted by Crippen LogP contribution is 2.60. The monoisotopic (exact) mass is 499 g/mol. The van der Waals surface area contributed by atoms with E-state index in [1.165, 1.54) is 12.1 Å². The van der Waals surface area contributed by atoms with Gasteiger partial charge in [0.1, 0.15) is 17.3 Å². The van der Waals surface area contributed by atoms with E-state index in [4.69, 9.17) is 0 Å². The standard InChI is InChI=1S/C33H22FNO3/c34-25-16-8-7-15-24(25)30(36)29-28(21-11-2-1-3-12-21)33(31(37)22-13-5-6-14-23(22)32(33)38)27-19-18-20-10-4-9-17-26(20)35(27)29/h1-19,27-29H/t27-,28-,29+/m1/s1. The van der Waals surface area contributed by atoms with Crippen molar-refractivity contribution in [3.63, 3.8) is 0 Å².